The van der Waals surface area contributed by atoms with Gasteiger partial charge >= 0.3 is 0 Å². The van der Waals surface area contributed by atoms with Gasteiger partial charge in [-0.2, -0.15) is 10.1 Å². The maximum Gasteiger partial charge on any atom is 0.246 e. The summed E-state index contributed by atoms with van der Waals surface area (Å²) in [6.45, 7) is 7.75. The average Bonchev–Trinajstić information content (AvgIpc) is 3.69. The number of hydrogen-bond acceptors (Lipinski definition) is 7. The van der Waals surface area contributed by atoms with E-state index in [0.717, 1.165) is 35.3 Å². The van der Waals surface area contributed by atoms with Gasteiger partial charge in [-0.15, -0.1) is 0 Å². The van der Waals surface area contributed by atoms with E-state index in [1.54, 1.807) is 17.2 Å². The van der Waals surface area contributed by atoms with Crippen LogP contribution in [0.15, 0.2) is 37.1 Å². The quantitative estimate of drug-likeness (QED) is 0.270. The van der Waals surface area contributed by atoms with Gasteiger partial charge in [0.2, 0.25) is 11.9 Å². The number of anilines is 2. The Morgan fingerprint density at radius 2 is 1.77 bits per heavy atom. The third-order valence-corrected chi connectivity index (χ3v) is 10.4. The molecule has 2 atom stereocenters. The van der Waals surface area contributed by atoms with Gasteiger partial charge in [0, 0.05) is 72.2 Å². The number of nitrogens with zero attached hydrogens (tertiary/aromatic N) is 6. The summed E-state index contributed by atoms with van der Waals surface area (Å²) in [6, 6.07) is 7.86. The van der Waals surface area contributed by atoms with E-state index in [-0.39, 0.29) is 17.5 Å². The lowest BCUT2D eigenvalue weighted by Gasteiger charge is -2.39. The van der Waals surface area contributed by atoms with Gasteiger partial charge in [0.25, 0.3) is 0 Å². The van der Waals surface area contributed by atoms with E-state index in [0.29, 0.717) is 71.6 Å². The fourth-order valence-corrected chi connectivity index (χ4v) is 8.21. The Morgan fingerprint density at radius 1 is 1.05 bits per heavy atom. The number of H-pyrrole nitrogens is 1. The van der Waals surface area contributed by atoms with Crippen LogP contribution < -0.4 is 10.2 Å². The third kappa shape index (κ3) is 4.61. The van der Waals surface area contributed by atoms with Gasteiger partial charge in [0.1, 0.15) is 11.3 Å². The van der Waals surface area contributed by atoms with Crippen LogP contribution in [0.5, 0.6) is 0 Å². The lowest BCUT2D eigenvalue weighted by molar-refractivity contribution is -0.126. The summed E-state index contributed by atoms with van der Waals surface area (Å²) in [5.41, 5.74) is 2.96. The maximum atomic E-state index is 16.9. The van der Waals surface area contributed by atoms with Crippen LogP contribution in [0.1, 0.15) is 44.1 Å². The number of rotatable bonds is 6. The molecule has 2 aromatic heterocycles. The zero-order valence-electron chi connectivity index (χ0n) is 24.8. The van der Waals surface area contributed by atoms with Crippen molar-refractivity contribution >= 4 is 51.1 Å². The van der Waals surface area contributed by atoms with Crippen LogP contribution >= 0.6 is 11.6 Å². The van der Waals surface area contributed by atoms with Gasteiger partial charge in [0.05, 0.1) is 16.7 Å². The van der Waals surface area contributed by atoms with Gasteiger partial charge in [-0.05, 0) is 69.2 Å². The second-order valence-electron chi connectivity index (χ2n) is 12.8. The first-order valence-corrected chi connectivity index (χ1v) is 16.1. The van der Waals surface area contributed by atoms with Gasteiger partial charge < -0.3 is 15.1 Å². The van der Waals surface area contributed by atoms with Crippen molar-refractivity contribution in [3.63, 3.8) is 0 Å². The van der Waals surface area contributed by atoms with Crippen LogP contribution in [0.4, 0.5) is 16.2 Å². The van der Waals surface area contributed by atoms with Crippen molar-refractivity contribution in [3.8, 4) is 11.1 Å². The number of amides is 1. The molecule has 1 saturated carbocycles. The molecule has 2 unspecified atom stereocenters. The lowest BCUT2D eigenvalue weighted by atomic mass is 9.95. The highest BCUT2D eigenvalue weighted by molar-refractivity contribution is 6.35. The molecule has 228 valence electrons. The molecule has 2 bridgehead atoms. The van der Waals surface area contributed by atoms with E-state index >= 15 is 4.39 Å². The Labute approximate surface area is 260 Å². The van der Waals surface area contributed by atoms with Crippen molar-refractivity contribution in [1.82, 2.24) is 30.0 Å². The van der Waals surface area contributed by atoms with E-state index in [1.165, 1.54) is 31.8 Å². The number of piperidine rings is 1. The number of carbonyl (C=O) groups excluding carboxylic acids is 1. The Bertz CT molecular complexity index is 1780. The van der Waals surface area contributed by atoms with E-state index in [1.807, 2.05) is 19.1 Å². The monoisotopic (exact) mass is 614 g/mol. The molecule has 0 radical (unpaired) electrons. The van der Waals surface area contributed by atoms with E-state index in [4.69, 9.17) is 21.6 Å². The molecule has 2 N–H and O–H groups in total. The number of carbonyl (C=O) groups is 1. The number of halogens is 2. The molecule has 1 aliphatic carbocycles. The molecule has 4 fully saturated rings. The zero-order chi connectivity index (χ0) is 30.1. The number of benzene rings is 2. The summed E-state index contributed by atoms with van der Waals surface area (Å²) in [6.07, 6.45) is 10.3. The number of aromatic nitrogens is 4. The van der Waals surface area contributed by atoms with Crippen molar-refractivity contribution in [2.45, 2.75) is 69.6 Å². The third-order valence-electron chi connectivity index (χ3n) is 10.1. The normalized spacial score (nSPS) is 23.9. The smallest absolute Gasteiger partial charge is 0.246 e. The minimum absolute atomic E-state index is 0.0887. The van der Waals surface area contributed by atoms with Gasteiger partial charge in [-0.1, -0.05) is 24.2 Å². The molecular weight excluding hydrogens is 579 g/mol. The highest BCUT2D eigenvalue weighted by Crippen LogP contribution is 2.45. The average molecular weight is 615 g/mol. The minimum atomic E-state index is -0.472. The first-order valence-electron chi connectivity index (χ1n) is 15.7. The molecule has 5 heterocycles. The maximum absolute atomic E-state index is 16.9. The largest absolute Gasteiger partial charge is 0.352 e. The Balaban J connectivity index is 1.21. The number of aryl methyl sites for hydroxylation is 1. The van der Waals surface area contributed by atoms with Crippen LogP contribution in [-0.2, 0) is 4.79 Å². The molecule has 3 aliphatic heterocycles. The second-order valence-corrected chi connectivity index (χ2v) is 13.2. The highest BCUT2D eigenvalue weighted by atomic mass is 35.5. The van der Waals surface area contributed by atoms with E-state index in [9.17, 15) is 4.79 Å². The first kappa shape index (κ1) is 27.8. The number of nitrogens with one attached hydrogen (secondary N) is 2. The molecule has 11 heteroatoms. The van der Waals surface area contributed by atoms with Gasteiger partial charge in [-0.25, -0.2) is 9.37 Å². The number of aromatic amines is 1. The van der Waals surface area contributed by atoms with Crippen LogP contribution in [0.2, 0.25) is 5.02 Å². The van der Waals surface area contributed by atoms with Crippen molar-refractivity contribution in [2.75, 3.05) is 36.4 Å². The van der Waals surface area contributed by atoms with Crippen LogP contribution in [-0.4, -0.2) is 86.2 Å². The van der Waals surface area contributed by atoms with Crippen molar-refractivity contribution in [2.24, 2.45) is 0 Å². The van der Waals surface area contributed by atoms with Crippen molar-refractivity contribution in [3.05, 3.63) is 53.5 Å². The topological polar surface area (TPSA) is 93.3 Å². The summed E-state index contributed by atoms with van der Waals surface area (Å²) < 4.78 is 16.9. The van der Waals surface area contributed by atoms with E-state index < -0.39 is 5.82 Å². The second kappa shape index (κ2) is 10.7. The number of piperazine rings is 1. The Hall–Kier alpha value is -3.76. The van der Waals surface area contributed by atoms with Crippen molar-refractivity contribution < 1.29 is 9.18 Å². The van der Waals surface area contributed by atoms with Crippen LogP contribution in [0.3, 0.4) is 0 Å². The fourth-order valence-electron chi connectivity index (χ4n) is 7.92. The molecule has 9 nitrogen and oxygen atoms in total. The molecule has 3 saturated heterocycles. The van der Waals surface area contributed by atoms with Gasteiger partial charge in [0.15, 0.2) is 5.82 Å². The SMILES string of the molecule is C=CC(=O)N1CCN(c2nc(NC3CC4CCC(C3)N4C3CC3)nc3c(F)c(-c4c(C)ccc5[nH]ncc45)c(Cl)cc23)CC1. The summed E-state index contributed by atoms with van der Waals surface area (Å²) in [4.78, 5) is 28.8. The number of fused-ring (bicyclic) bond motifs is 4. The first-order chi connectivity index (χ1) is 21.4. The van der Waals surface area contributed by atoms with E-state index in [2.05, 4.69) is 31.9 Å². The Morgan fingerprint density at radius 3 is 2.48 bits per heavy atom. The van der Waals surface area contributed by atoms with Gasteiger partial charge in [-0.3, -0.25) is 14.8 Å². The molecule has 44 heavy (non-hydrogen) atoms. The van der Waals surface area contributed by atoms with Crippen molar-refractivity contribution in [1.29, 1.82) is 0 Å². The molecule has 4 aromatic rings. The molecule has 4 aliphatic rings. The minimum Gasteiger partial charge on any atom is -0.352 e. The Kier molecular flexibility index (Phi) is 6.75. The predicted molar refractivity (Wildman–Crippen MR) is 172 cm³/mol. The molecule has 2 aromatic carbocycles. The summed E-state index contributed by atoms with van der Waals surface area (Å²) in [7, 11) is 0. The number of hydrogen-bond donors (Lipinski definition) is 2. The molecule has 0 spiro atoms. The standard InChI is InChI=1S/C33H36ClFN8O/c1-3-27(44)41-10-12-42(13-11-41)32-23-16-25(34)29(28-18(2)4-9-26-24(28)17-36-40-26)30(35)31(23)38-33(39-32)37-19-14-21-7-8-22(15-19)43(21)20-5-6-20/h3-4,9,16-17,19-22H,1,5-8,10-15H2,2H3,(H,36,40)(H,37,38,39). The summed E-state index contributed by atoms with van der Waals surface area (Å²) >= 11 is 6.93. The molecule has 1 amide bonds. The lowest BCUT2D eigenvalue weighted by Crippen LogP contribution is -2.49. The highest BCUT2D eigenvalue weighted by Gasteiger charge is 2.47. The fraction of sp³-hybridized carbons (Fsp3) is 0.455. The molecule has 8 rings (SSSR count). The van der Waals surface area contributed by atoms with Crippen LogP contribution in [0, 0.1) is 12.7 Å². The molecular formula is C33H36ClFN8O. The zero-order valence-corrected chi connectivity index (χ0v) is 25.6. The summed E-state index contributed by atoms with van der Waals surface area (Å²) in [5, 5.41) is 12.5. The summed E-state index contributed by atoms with van der Waals surface area (Å²) in [5.74, 6) is 0.508. The van der Waals surface area contributed by atoms with Crippen LogP contribution in [0.25, 0.3) is 32.9 Å². The predicted octanol–water partition coefficient (Wildman–Crippen LogP) is 5.68.